The summed E-state index contributed by atoms with van der Waals surface area (Å²) < 4.78 is 0. The average molecular weight is 248 g/mol. The van der Waals surface area contributed by atoms with E-state index in [4.69, 9.17) is 0 Å². The molecule has 0 saturated carbocycles. The lowest BCUT2D eigenvalue weighted by Crippen LogP contribution is -2.55. The molecule has 1 aliphatic heterocycles. The largest absolute Gasteiger partial charge is 0.481 e. The molecule has 0 aromatic carbocycles. The van der Waals surface area contributed by atoms with Crippen molar-refractivity contribution in [1.29, 1.82) is 0 Å². The van der Waals surface area contributed by atoms with E-state index in [1.165, 1.54) is 0 Å². The van der Waals surface area contributed by atoms with Crippen molar-refractivity contribution in [3.05, 3.63) is 30.1 Å². The maximum Gasteiger partial charge on any atom is 0.308 e. The van der Waals surface area contributed by atoms with Crippen LogP contribution in [0.5, 0.6) is 0 Å². The van der Waals surface area contributed by atoms with Crippen molar-refractivity contribution in [2.75, 3.05) is 6.54 Å². The van der Waals surface area contributed by atoms with Gasteiger partial charge in [0.15, 0.2) is 0 Å². The monoisotopic (exact) mass is 248 g/mol. The van der Waals surface area contributed by atoms with Crippen LogP contribution in [-0.4, -0.2) is 33.0 Å². The van der Waals surface area contributed by atoms with Crippen molar-refractivity contribution in [2.24, 2.45) is 5.92 Å². The lowest BCUT2D eigenvalue weighted by atomic mass is 9.79. The van der Waals surface area contributed by atoms with Crippen molar-refractivity contribution in [3.8, 4) is 0 Å². The molecule has 1 saturated heterocycles. The number of carboxylic acid groups (broad SMARTS) is 1. The first-order valence-electron chi connectivity index (χ1n) is 6.38. The molecule has 2 heterocycles. The summed E-state index contributed by atoms with van der Waals surface area (Å²) >= 11 is 0. The van der Waals surface area contributed by atoms with Gasteiger partial charge in [0.2, 0.25) is 0 Å². The van der Waals surface area contributed by atoms with Gasteiger partial charge in [0.05, 0.1) is 5.92 Å². The van der Waals surface area contributed by atoms with Gasteiger partial charge in [0, 0.05) is 24.5 Å². The number of aliphatic carboxylic acids is 1. The molecule has 0 amide bonds. The maximum atomic E-state index is 11.3. The molecule has 0 bridgehead atoms. The van der Waals surface area contributed by atoms with Gasteiger partial charge in [0.25, 0.3) is 0 Å². The number of carbonyl (C=O) groups is 1. The predicted octanol–water partition coefficient (Wildman–Crippen LogP) is 2.16. The summed E-state index contributed by atoms with van der Waals surface area (Å²) in [5.74, 6) is -0.973. The standard InChI is InChI=1S/C14H20N2O2/c1-14(2)12(13(17)18)6-4-8-16(14)10-11-5-3-7-15-9-11/h3,5,7,9,12H,4,6,8,10H2,1-2H3,(H,17,18). The van der Waals surface area contributed by atoms with E-state index < -0.39 is 5.97 Å². The third-order valence-corrected chi connectivity index (χ3v) is 3.98. The molecule has 1 unspecified atom stereocenters. The highest BCUT2D eigenvalue weighted by atomic mass is 16.4. The van der Waals surface area contributed by atoms with Crippen LogP contribution in [0.3, 0.4) is 0 Å². The molecule has 2 rings (SSSR count). The van der Waals surface area contributed by atoms with E-state index in [0.717, 1.165) is 31.5 Å². The van der Waals surface area contributed by atoms with E-state index in [9.17, 15) is 9.90 Å². The molecule has 1 fully saturated rings. The molecule has 4 heteroatoms. The summed E-state index contributed by atoms with van der Waals surface area (Å²) in [7, 11) is 0. The van der Waals surface area contributed by atoms with Crippen LogP contribution in [0, 0.1) is 5.92 Å². The first-order chi connectivity index (χ1) is 8.51. The van der Waals surface area contributed by atoms with Crippen LogP contribution in [-0.2, 0) is 11.3 Å². The number of carboxylic acids is 1. The quantitative estimate of drug-likeness (QED) is 0.890. The van der Waals surface area contributed by atoms with Crippen LogP contribution in [0.25, 0.3) is 0 Å². The molecule has 4 nitrogen and oxygen atoms in total. The molecule has 1 aliphatic rings. The lowest BCUT2D eigenvalue weighted by Gasteiger charge is -2.46. The van der Waals surface area contributed by atoms with E-state index in [2.05, 4.69) is 9.88 Å². The van der Waals surface area contributed by atoms with Gasteiger partial charge in [-0.25, -0.2) is 0 Å². The zero-order chi connectivity index (χ0) is 13.2. The number of pyridine rings is 1. The zero-order valence-electron chi connectivity index (χ0n) is 11.0. The Morgan fingerprint density at radius 3 is 3.00 bits per heavy atom. The zero-order valence-corrected chi connectivity index (χ0v) is 11.0. The van der Waals surface area contributed by atoms with Crippen LogP contribution in [0.2, 0.25) is 0 Å². The van der Waals surface area contributed by atoms with E-state index in [1.807, 2.05) is 32.2 Å². The summed E-state index contributed by atoms with van der Waals surface area (Å²) in [5, 5.41) is 9.32. The summed E-state index contributed by atoms with van der Waals surface area (Å²) in [4.78, 5) is 17.7. The van der Waals surface area contributed by atoms with Gasteiger partial charge < -0.3 is 5.11 Å². The van der Waals surface area contributed by atoms with Gasteiger partial charge in [-0.15, -0.1) is 0 Å². The fraction of sp³-hybridized carbons (Fsp3) is 0.571. The highest BCUT2D eigenvalue weighted by molar-refractivity contribution is 5.71. The fourth-order valence-electron chi connectivity index (χ4n) is 2.77. The van der Waals surface area contributed by atoms with E-state index >= 15 is 0 Å². The Hall–Kier alpha value is -1.42. The van der Waals surface area contributed by atoms with Crippen LogP contribution in [0.15, 0.2) is 24.5 Å². The molecule has 1 aromatic heterocycles. The molecule has 0 spiro atoms. The number of hydrogen-bond acceptors (Lipinski definition) is 3. The van der Waals surface area contributed by atoms with Gasteiger partial charge >= 0.3 is 5.97 Å². The van der Waals surface area contributed by atoms with Gasteiger partial charge in [0.1, 0.15) is 0 Å². The van der Waals surface area contributed by atoms with Crippen LogP contribution in [0.1, 0.15) is 32.3 Å². The number of nitrogens with zero attached hydrogens (tertiary/aromatic N) is 2. The first kappa shape index (κ1) is 13.0. The third kappa shape index (κ3) is 2.53. The van der Waals surface area contributed by atoms with Gasteiger partial charge in [-0.1, -0.05) is 6.07 Å². The molecular formula is C14H20N2O2. The third-order valence-electron chi connectivity index (χ3n) is 3.98. The second-order valence-electron chi connectivity index (χ2n) is 5.47. The SMILES string of the molecule is CC1(C)C(C(=O)O)CCCN1Cc1cccnc1. The molecule has 1 atom stereocenters. The summed E-state index contributed by atoms with van der Waals surface area (Å²) in [6.07, 6.45) is 5.32. The van der Waals surface area contributed by atoms with Crippen molar-refractivity contribution in [2.45, 2.75) is 38.8 Å². The summed E-state index contributed by atoms with van der Waals surface area (Å²) in [6, 6.07) is 3.95. The Morgan fingerprint density at radius 2 is 2.39 bits per heavy atom. The Bertz CT molecular complexity index is 417. The lowest BCUT2D eigenvalue weighted by molar-refractivity contribution is -0.150. The molecule has 1 N–H and O–H groups in total. The van der Waals surface area contributed by atoms with Gasteiger partial charge in [-0.3, -0.25) is 14.7 Å². The second-order valence-corrected chi connectivity index (χ2v) is 5.47. The Balaban J connectivity index is 2.15. The van der Waals surface area contributed by atoms with E-state index in [-0.39, 0.29) is 11.5 Å². The normalized spacial score (nSPS) is 23.8. The van der Waals surface area contributed by atoms with Crippen molar-refractivity contribution < 1.29 is 9.90 Å². The molecule has 1 aromatic rings. The Labute approximate surface area is 108 Å². The average Bonchev–Trinajstić information content (AvgIpc) is 2.32. The predicted molar refractivity (Wildman–Crippen MR) is 69.1 cm³/mol. The fourth-order valence-corrected chi connectivity index (χ4v) is 2.77. The topological polar surface area (TPSA) is 53.4 Å². The van der Waals surface area contributed by atoms with Crippen molar-refractivity contribution in [1.82, 2.24) is 9.88 Å². The molecule has 0 radical (unpaired) electrons. The number of hydrogen-bond donors (Lipinski definition) is 1. The molecular weight excluding hydrogens is 228 g/mol. The van der Waals surface area contributed by atoms with Gasteiger partial charge in [-0.2, -0.15) is 0 Å². The highest BCUT2D eigenvalue weighted by Crippen LogP contribution is 2.34. The summed E-state index contributed by atoms with van der Waals surface area (Å²) in [6.45, 7) is 5.78. The van der Waals surface area contributed by atoms with Crippen LogP contribution in [0.4, 0.5) is 0 Å². The minimum atomic E-state index is -0.684. The Morgan fingerprint density at radius 1 is 1.61 bits per heavy atom. The number of rotatable bonds is 3. The number of likely N-dealkylation sites (tertiary alicyclic amines) is 1. The maximum absolute atomic E-state index is 11.3. The van der Waals surface area contributed by atoms with Crippen LogP contribution < -0.4 is 0 Å². The van der Waals surface area contributed by atoms with E-state index in [0.29, 0.717) is 0 Å². The molecule has 98 valence electrons. The van der Waals surface area contributed by atoms with Gasteiger partial charge in [-0.05, 0) is 44.9 Å². The number of piperidine rings is 1. The van der Waals surface area contributed by atoms with Crippen molar-refractivity contribution in [3.63, 3.8) is 0 Å². The first-order valence-corrected chi connectivity index (χ1v) is 6.38. The van der Waals surface area contributed by atoms with Crippen molar-refractivity contribution >= 4 is 5.97 Å². The smallest absolute Gasteiger partial charge is 0.308 e. The summed E-state index contributed by atoms with van der Waals surface area (Å²) in [5.41, 5.74) is 0.830. The highest BCUT2D eigenvalue weighted by Gasteiger charge is 2.42. The minimum Gasteiger partial charge on any atom is -0.481 e. The molecule has 0 aliphatic carbocycles. The Kier molecular flexibility index (Phi) is 3.66. The second kappa shape index (κ2) is 5.06. The van der Waals surface area contributed by atoms with E-state index in [1.54, 1.807) is 6.20 Å². The molecule has 18 heavy (non-hydrogen) atoms. The number of aromatic nitrogens is 1. The minimum absolute atomic E-state index is 0.289. The van der Waals surface area contributed by atoms with Crippen LogP contribution >= 0.6 is 0 Å².